The molecule has 1 heterocycles. The molecule has 1 aliphatic heterocycles. The number of aliphatic imine (C=N–C) groups is 1. The van der Waals surface area contributed by atoms with Crippen LogP contribution in [0.5, 0.6) is 11.5 Å². The molecule has 0 saturated carbocycles. The molecule has 1 aliphatic rings. The van der Waals surface area contributed by atoms with Crippen LogP contribution in [-0.2, 0) is 5.41 Å². The number of para-hydroxylation sites is 1. The van der Waals surface area contributed by atoms with Crippen LogP contribution in [0.1, 0.15) is 31.4 Å². The van der Waals surface area contributed by atoms with Crippen LogP contribution >= 0.6 is 11.6 Å². The predicted octanol–water partition coefficient (Wildman–Crippen LogP) is 5.11. The minimum atomic E-state index is -0.468. The van der Waals surface area contributed by atoms with Crippen LogP contribution in [0, 0.1) is 0 Å². The van der Waals surface area contributed by atoms with Crippen LogP contribution in [0.2, 0.25) is 5.02 Å². The van der Waals surface area contributed by atoms with Gasteiger partial charge >= 0.3 is 0 Å². The van der Waals surface area contributed by atoms with Crippen molar-refractivity contribution in [1.82, 2.24) is 0 Å². The molecule has 3 rings (SSSR count). The average Bonchev–Trinajstić information content (AvgIpc) is 2.51. The molecule has 23 heavy (non-hydrogen) atoms. The van der Waals surface area contributed by atoms with Crippen LogP contribution in [0.25, 0.3) is 0 Å². The van der Waals surface area contributed by atoms with E-state index in [0.29, 0.717) is 28.4 Å². The van der Waals surface area contributed by atoms with Gasteiger partial charge in [0.2, 0.25) is 0 Å². The molecule has 0 unspecified atom stereocenters. The Morgan fingerprint density at radius 2 is 1.87 bits per heavy atom. The van der Waals surface area contributed by atoms with E-state index < -0.39 is 5.41 Å². The van der Waals surface area contributed by atoms with Crippen molar-refractivity contribution in [3.8, 4) is 11.5 Å². The van der Waals surface area contributed by atoms with Crippen LogP contribution in [0.4, 0.5) is 5.69 Å². The van der Waals surface area contributed by atoms with Crippen molar-refractivity contribution >= 4 is 23.0 Å². The quantitative estimate of drug-likeness (QED) is 0.753. The second kappa shape index (κ2) is 5.43. The van der Waals surface area contributed by atoms with Gasteiger partial charge in [0, 0.05) is 28.0 Å². The molecular formula is C19H18ClNO2. The Morgan fingerprint density at radius 1 is 1.17 bits per heavy atom. The Morgan fingerprint density at radius 3 is 2.52 bits per heavy atom. The van der Waals surface area contributed by atoms with Crippen molar-refractivity contribution in [2.75, 3.05) is 0 Å². The minimum Gasteiger partial charge on any atom is -0.507 e. The highest BCUT2D eigenvalue weighted by Gasteiger charge is 2.38. The highest BCUT2D eigenvalue weighted by molar-refractivity contribution is 6.32. The summed E-state index contributed by atoms with van der Waals surface area (Å²) in [6.07, 6.45) is 0.552. The van der Waals surface area contributed by atoms with Gasteiger partial charge in [-0.3, -0.25) is 0 Å². The molecule has 0 aliphatic carbocycles. The van der Waals surface area contributed by atoms with E-state index in [1.54, 1.807) is 18.2 Å². The highest BCUT2D eigenvalue weighted by Crippen LogP contribution is 2.51. The van der Waals surface area contributed by atoms with Crippen molar-refractivity contribution < 1.29 is 10.2 Å². The molecule has 118 valence electrons. The maximum atomic E-state index is 10.3. The molecule has 0 fully saturated rings. The number of aromatic hydroxyl groups is 2. The van der Waals surface area contributed by atoms with E-state index in [1.807, 2.05) is 26.0 Å². The first-order chi connectivity index (χ1) is 10.8. The lowest BCUT2D eigenvalue weighted by molar-refractivity contribution is 0.468. The zero-order valence-corrected chi connectivity index (χ0v) is 13.9. The number of hydrogen-bond donors (Lipinski definition) is 2. The standard InChI is InChI=1S/C19H18ClNO2/c1-11(2)19(3)10-14(12-6-4-5-7-15(12)22)21-18-16(23)9-8-13(20)17(18)19/h4-9,22-23H,1,10H2,2-3H3/t19-/m0/s1. The average molecular weight is 328 g/mol. The first kappa shape index (κ1) is 15.6. The number of fused-ring (bicyclic) bond motifs is 1. The van der Waals surface area contributed by atoms with Crippen molar-refractivity contribution in [2.24, 2.45) is 4.99 Å². The second-order valence-electron chi connectivity index (χ2n) is 6.15. The minimum absolute atomic E-state index is 0.0736. The van der Waals surface area contributed by atoms with E-state index in [-0.39, 0.29) is 11.5 Å². The summed E-state index contributed by atoms with van der Waals surface area (Å²) in [6, 6.07) is 10.3. The summed E-state index contributed by atoms with van der Waals surface area (Å²) >= 11 is 6.40. The lowest BCUT2D eigenvalue weighted by Gasteiger charge is -2.37. The molecule has 2 N–H and O–H groups in total. The second-order valence-corrected chi connectivity index (χ2v) is 6.56. The van der Waals surface area contributed by atoms with Crippen molar-refractivity contribution in [1.29, 1.82) is 0 Å². The Labute approximate surface area is 140 Å². The maximum Gasteiger partial charge on any atom is 0.141 e. The zero-order chi connectivity index (χ0) is 16.8. The number of nitrogens with zero attached hydrogens (tertiary/aromatic N) is 1. The largest absolute Gasteiger partial charge is 0.507 e. The first-order valence-corrected chi connectivity index (χ1v) is 7.76. The summed E-state index contributed by atoms with van der Waals surface area (Å²) in [7, 11) is 0. The van der Waals surface area contributed by atoms with Crippen LogP contribution in [-0.4, -0.2) is 15.9 Å². The van der Waals surface area contributed by atoms with Gasteiger partial charge in [0.15, 0.2) is 0 Å². The summed E-state index contributed by atoms with van der Waals surface area (Å²) in [4.78, 5) is 4.60. The Kier molecular flexibility index (Phi) is 3.69. The molecule has 0 radical (unpaired) electrons. The van der Waals surface area contributed by atoms with Crippen LogP contribution < -0.4 is 0 Å². The molecule has 3 nitrogen and oxygen atoms in total. The molecule has 2 aromatic rings. The number of benzene rings is 2. The van der Waals surface area contributed by atoms with E-state index in [9.17, 15) is 10.2 Å². The number of hydrogen-bond acceptors (Lipinski definition) is 3. The van der Waals surface area contributed by atoms with Gasteiger partial charge in [-0.1, -0.05) is 42.8 Å². The van der Waals surface area contributed by atoms with Gasteiger partial charge in [0.05, 0.1) is 5.71 Å². The first-order valence-electron chi connectivity index (χ1n) is 7.38. The molecule has 0 spiro atoms. The normalized spacial score (nSPS) is 19.9. The lowest BCUT2D eigenvalue weighted by atomic mass is 9.70. The number of allylic oxidation sites excluding steroid dienone is 1. The van der Waals surface area contributed by atoms with Gasteiger partial charge < -0.3 is 10.2 Å². The van der Waals surface area contributed by atoms with Crippen molar-refractivity contribution in [3.05, 3.63) is 64.7 Å². The molecule has 0 saturated heterocycles. The Hall–Kier alpha value is -2.26. The zero-order valence-electron chi connectivity index (χ0n) is 13.1. The summed E-state index contributed by atoms with van der Waals surface area (Å²) in [6.45, 7) is 8.09. The van der Waals surface area contributed by atoms with E-state index >= 15 is 0 Å². The van der Waals surface area contributed by atoms with Gasteiger partial charge in [-0.2, -0.15) is 0 Å². The van der Waals surface area contributed by atoms with Gasteiger partial charge in [-0.15, -0.1) is 0 Å². The van der Waals surface area contributed by atoms with Crippen molar-refractivity contribution in [2.45, 2.75) is 25.7 Å². The lowest BCUT2D eigenvalue weighted by Crippen LogP contribution is -2.30. The molecule has 0 aromatic heterocycles. The third kappa shape index (κ3) is 2.41. The van der Waals surface area contributed by atoms with E-state index in [4.69, 9.17) is 11.6 Å². The Bertz CT molecular complexity index is 841. The third-order valence-corrected chi connectivity index (χ3v) is 4.90. The molecule has 0 amide bonds. The summed E-state index contributed by atoms with van der Waals surface area (Å²) < 4.78 is 0. The van der Waals surface area contributed by atoms with E-state index in [0.717, 1.165) is 11.1 Å². The molecule has 2 aromatic carbocycles. The van der Waals surface area contributed by atoms with Crippen LogP contribution in [0.15, 0.2) is 53.5 Å². The number of phenolic OH excluding ortho intramolecular Hbond substituents is 2. The fourth-order valence-electron chi connectivity index (χ4n) is 3.03. The van der Waals surface area contributed by atoms with Crippen molar-refractivity contribution in [3.63, 3.8) is 0 Å². The summed E-state index contributed by atoms with van der Waals surface area (Å²) in [5, 5.41) is 21.0. The monoisotopic (exact) mass is 327 g/mol. The smallest absolute Gasteiger partial charge is 0.141 e. The molecule has 1 atom stereocenters. The topological polar surface area (TPSA) is 52.8 Å². The fourth-order valence-corrected chi connectivity index (χ4v) is 3.39. The van der Waals surface area contributed by atoms with Gasteiger partial charge in [-0.05, 0) is 31.2 Å². The van der Waals surface area contributed by atoms with Gasteiger partial charge in [-0.25, -0.2) is 4.99 Å². The van der Waals surface area contributed by atoms with E-state index in [1.165, 1.54) is 6.07 Å². The van der Waals surface area contributed by atoms with Crippen LogP contribution in [0.3, 0.4) is 0 Å². The third-order valence-electron chi connectivity index (χ3n) is 4.58. The van der Waals surface area contributed by atoms with Gasteiger partial charge in [0.1, 0.15) is 17.2 Å². The SMILES string of the molecule is C=C(C)[C@]1(C)CC(c2ccccc2O)=Nc2c(O)ccc(Cl)c21. The highest BCUT2D eigenvalue weighted by atomic mass is 35.5. The summed E-state index contributed by atoms with van der Waals surface area (Å²) in [5.74, 6) is 0.241. The Balaban J connectivity index is 2.31. The molecule has 4 heteroatoms. The molecular weight excluding hydrogens is 310 g/mol. The molecule has 0 bridgehead atoms. The number of phenols is 2. The number of halogens is 1. The fraction of sp³-hybridized carbons (Fsp3) is 0.211. The maximum absolute atomic E-state index is 10.3. The van der Waals surface area contributed by atoms with E-state index in [2.05, 4.69) is 11.6 Å². The predicted molar refractivity (Wildman–Crippen MR) is 94.2 cm³/mol. The van der Waals surface area contributed by atoms with Gasteiger partial charge in [0.25, 0.3) is 0 Å². The number of rotatable bonds is 2. The summed E-state index contributed by atoms with van der Waals surface area (Å²) in [5.41, 5.74) is 3.06.